The highest BCUT2D eigenvalue weighted by atomic mass is 16.5. The highest BCUT2D eigenvalue weighted by molar-refractivity contribution is 5.90. The van der Waals surface area contributed by atoms with E-state index in [-0.39, 0.29) is 0 Å². The van der Waals surface area contributed by atoms with Gasteiger partial charge >= 0.3 is 0 Å². The number of pyridine rings is 1. The van der Waals surface area contributed by atoms with Gasteiger partial charge in [-0.25, -0.2) is 9.97 Å². The summed E-state index contributed by atoms with van der Waals surface area (Å²) >= 11 is 0. The van der Waals surface area contributed by atoms with E-state index in [0.29, 0.717) is 19.8 Å². The van der Waals surface area contributed by atoms with Crippen LogP contribution < -0.4 is 15.5 Å². The summed E-state index contributed by atoms with van der Waals surface area (Å²) in [6.07, 6.45) is 1.84. The van der Waals surface area contributed by atoms with Gasteiger partial charge in [0.05, 0.1) is 18.8 Å². The van der Waals surface area contributed by atoms with Crippen molar-refractivity contribution in [2.75, 3.05) is 49.6 Å². The predicted octanol–water partition coefficient (Wildman–Crippen LogP) is 2.03. The van der Waals surface area contributed by atoms with Crippen LogP contribution >= 0.6 is 0 Å². The number of aromatic nitrogens is 5. The Morgan fingerprint density at radius 1 is 1.17 bits per heavy atom. The number of ether oxygens (including phenoxy) is 1. The summed E-state index contributed by atoms with van der Waals surface area (Å²) in [6, 6.07) is 3.99. The lowest BCUT2D eigenvalue weighted by Crippen LogP contribution is -2.44. The Bertz CT molecular complexity index is 963. The van der Waals surface area contributed by atoms with E-state index >= 15 is 0 Å². The Morgan fingerprint density at radius 2 is 2.00 bits per heavy atom. The van der Waals surface area contributed by atoms with E-state index in [1.54, 1.807) is 0 Å². The summed E-state index contributed by atoms with van der Waals surface area (Å²) in [7, 11) is 0. The molecule has 4 heterocycles. The van der Waals surface area contributed by atoms with Crippen LogP contribution in [0.2, 0.25) is 0 Å². The van der Waals surface area contributed by atoms with Crippen LogP contribution in [0.4, 0.5) is 17.6 Å². The van der Waals surface area contributed by atoms with E-state index in [0.717, 1.165) is 66.1 Å². The molecule has 3 aromatic rings. The number of nitrogens with one attached hydrogen (secondary N) is 2. The average Bonchev–Trinajstić information content (AvgIpc) is 3.06. The van der Waals surface area contributed by atoms with E-state index in [1.165, 1.54) is 0 Å². The maximum atomic E-state index is 5.54. The number of fused-ring (bicyclic) bond motifs is 1. The fourth-order valence-corrected chi connectivity index (χ4v) is 3.43. The van der Waals surface area contributed by atoms with Gasteiger partial charge in [0.15, 0.2) is 5.82 Å². The lowest BCUT2D eigenvalue weighted by atomic mass is 10.3. The van der Waals surface area contributed by atoms with Crippen LogP contribution in [0.1, 0.15) is 18.2 Å². The quantitative estimate of drug-likeness (QED) is 0.586. The first kappa shape index (κ1) is 19.5. The first-order chi connectivity index (χ1) is 14.2. The van der Waals surface area contributed by atoms with Crippen LogP contribution in [0.25, 0.3) is 11.0 Å². The summed E-state index contributed by atoms with van der Waals surface area (Å²) in [6.45, 7) is 11.5. The third kappa shape index (κ3) is 4.30. The Balaban J connectivity index is 1.77. The van der Waals surface area contributed by atoms with Crippen LogP contribution in [-0.4, -0.2) is 64.1 Å². The third-order valence-corrected chi connectivity index (χ3v) is 4.95. The molecule has 0 saturated carbocycles. The van der Waals surface area contributed by atoms with Gasteiger partial charge in [-0.1, -0.05) is 6.07 Å². The van der Waals surface area contributed by atoms with Crippen molar-refractivity contribution in [1.82, 2.24) is 30.0 Å². The summed E-state index contributed by atoms with van der Waals surface area (Å²) in [5.74, 6) is 2.19. The molecule has 2 N–H and O–H groups in total. The van der Waals surface area contributed by atoms with E-state index in [1.807, 2.05) is 43.8 Å². The SMILES string of the molecule is CCOCCn1nc(C)c2nc(N3CCNCC3)nc(Nc3ccc(C)cn3)c21. The molecule has 154 valence electrons. The van der Waals surface area contributed by atoms with Gasteiger partial charge in [-0.3, -0.25) is 4.68 Å². The molecule has 0 aliphatic carbocycles. The van der Waals surface area contributed by atoms with Crippen LogP contribution in [0.15, 0.2) is 18.3 Å². The topological polar surface area (TPSA) is 93.0 Å². The normalized spacial score (nSPS) is 14.5. The van der Waals surface area contributed by atoms with Gasteiger partial charge in [0.1, 0.15) is 16.9 Å². The number of hydrogen-bond donors (Lipinski definition) is 2. The van der Waals surface area contributed by atoms with E-state index in [4.69, 9.17) is 19.8 Å². The number of hydrogen-bond acceptors (Lipinski definition) is 8. The number of anilines is 3. The second-order valence-corrected chi connectivity index (χ2v) is 7.16. The molecule has 1 aliphatic heterocycles. The second kappa shape index (κ2) is 8.71. The predicted molar refractivity (Wildman–Crippen MR) is 114 cm³/mol. The number of aryl methyl sites for hydroxylation is 2. The Kier molecular flexibility index (Phi) is 5.86. The minimum Gasteiger partial charge on any atom is -0.380 e. The maximum absolute atomic E-state index is 5.54. The molecular formula is C20H28N8O. The Hall–Kier alpha value is -2.78. The standard InChI is InChI=1S/C20H28N8O/c1-4-29-12-11-28-18-17(15(3)26-28)24-20(27-9-7-21-8-10-27)25-19(18)23-16-6-5-14(2)13-22-16/h5-6,13,21H,4,7-12H2,1-3H3,(H,22,23,24,25). The zero-order valence-corrected chi connectivity index (χ0v) is 17.3. The van der Waals surface area contributed by atoms with Crippen molar-refractivity contribution in [3.8, 4) is 0 Å². The fourth-order valence-electron chi connectivity index (χ4n) is 3.43. The molecule has 9 nitrogen and oxygen atoms in total. The molecule has 0 spiro atoms. The van der Waals surface area contributed by atoms with Crippen molar-refractivity contribution < 1.29 is 4.74 Å². The minimum absolute atomic E-state index is 0.592. The van der Waals surface area contributed by atoms with Gasteiger partial charge in [-0.15, -0.1) is 0 Å². The van der Waals surface area contributed by atoms with Crippen molar-refractivity contribution >= 4 is 28.6 Å². The van der Waals surface area contributed by atoms with Gasteiger partial charge < -0.3 is 20.3 Å². The summed E-state index contributed by atoms with van der Waals surface area (Å²) in [5, 5.41) is 11.5. The zero-order valence-electron chi connectivity index (χ0n) is 17.3. The fraction of sp³-hybridized carbons (Fsp3) is 0.500. The largest absolute Gasteiger partial charge is 0.380 e. The Morgan fingerprint density at radius 3 is 2.72 bits per heavy atom. The van der Waals surface area contributed by atoms with Gasteiger partial charge in [-0.2, -0.15) is 10.1 Å². The highest BCUT2D eigenvalue weighted by Crippen LogP contribution is 2.28. The molecular weight excluding hydrogens is 368 g/mol. The van der Waals surface area contributed by atoms with Crippen molar-refractivity contribution in [3.63, 3.8) is 0 Å². The van der Waals surface area contributed by atoms with Crippen molar-refractivity contribution in [3.05, 3.63) is 29.6 Å². The zero-order chi connectivity index (χ0) is 20.2. The smallest absolute Gasteiger partial charge is 0.228 e. The van der Waals surface area contributed by atoms with Gasteiger partial charge in [0.25, 0.3) is 0 Å². The van der Waals surface area contributed by atoms with Crippen LogP contribution in [-0.2, 0) is 11.3 Å². The van der Waals surface area contributed by atoms with Crippen LogP contribution in [0, 0.1) is 13.8 Å². The summed E-state index contributed by atoms with van der Waals surface area (Å²) in [5.41, 5.74) is 3.74. The van der Waals surface area contributed by atoms with Crippen LogP contribution in [0.5, 0.6) is 0 Å². The van der Waals surface area contributed by atoms with Crippen LogP contribution in [0.3, 0.4) is 0 Å². The average molecular weight is 396 g/mol. The molecule has 1 saturated heterocycles. The number of rotatable bonds is 7. The molecule has 29 heavy (non-hydrogen) atoms. The number of nitrogens with zero attached hydrogens (tertiary/aromatic N) is 6. The summed E-state index contributed by atoms with van der Waals surface area (Å²) < 4.78 is 7.47. The molecule has 0 amide bonds. The molecule has 0 bridgehead atoms. The molecule has 0 aromatic carbocycles. The molecule has 9 heteroatoms. The molecule has 4 rings (SSSR count). The molecule has 1 fully saturated rings. The van der Waals surface area contributed by atoms with E-state index in [2.05, 4.69) is 20.5 Å². The molecule has 0 radical (unpaired) electrons. The second-order valence-electron chi connectivity index (χ2n) is 7.16. The first-order valence-corrected chi connectivity index (χ1v) is 10.1. The lowest BCUT2D eigenvalue weighted by molar-refractivity contribution is 0.137. The number of piperazine rings is 1. The molecule has 1 aliphatic rings. The van der Waals surface area contributed by atoms with E-state index in [9.17, 15) is 0 Å². The monoisotopic (exact) mass is 396 g/mol. The minimum atomic E-state index is 0.592. The highest BCUT2D eigenvalue weighted by Gasteiger charge is 2.21. The molecule has 3 aromatic heterocycles. The van der Waals surface area contributed by atoms with Gasteiger partial charge in [-0.05, 0) is 32.4 Å². The van der Waals surface area contributed by atoms with Crippen molar-refractivity contribution in [1.29, 1.82) is 0 Å². The maximum Gasteiger partial charge on any atom is 0.228 e. The van der Waals surface area contributed by atoms with Crippen molar-refractivity contribution in [2.24, 2.45) is 0 Å². The van der Waals surface area contributed by atoms with Gasteiger partial charge in [0, 0.05) is 39.0 Å². The van der Waals surface area contributed by atoms with E-state index < -0.39 is 0 Å². The Labute approximate surface area is 170 Å². The molecule has 0 unspecified atom stereocenters. The van der Waals surface area contributed by atoms with Gasteiger partial charge in [0.2, 0.25) is 5.95 Å². The molecule has 0 atom stereocenters. The third-order valence-electron chi connectivity index (χ3n) is 4.95. The first-order valence-electron chi connectivity index (χ1n) is 10.1. The summed E-state index contributed by atoms with van der Waals surface area (Å²) in [4.78, 5) is 16.4. The lowest BCUT2D eigenvalue weighted by Gasteiger charge is -2.27. The van der Waals surface area contributed by atoms with Crippen molar-refractivity contribution in [2.45, 2.75) is 27.3 Å².